The summed E-state index contributed by atoms with van der Waals surface area (Å²) in [6, 6.07) is 0. The predicted octanol–water partition coefficient (Wildman–Crippen LogP) is 1.20. The third-order valence-electron chi connectivity index (χ3n) is 2.09. The molecule has 2 N–H and O–H groups in total. The quantitative estimate of drug-likeness (QED) is 0.767. The molecule has 1 rings (SSSR count). The summed E-state index contributed by atoms with van der Waals surface area (Å²) in [5.41, 5.74) is 1.65. The maximum absolute atomic E-state index is 10.7. The highest BCUT2D eigenvalue weighted by Gasteiger charge is 2.12. The van der Waals surface area contributed by atoms with E-state index in [2.05, 4.69) is 22.1 Å². The second kappa shape index (κ2) is 5.67. The van der Waals surface area contributed by atoms with Crippen LogP contribution in [0.5, 0.6) is 0 Å². The highest BCUT2D eigenvalue weighted by Crippen LogP contribution is 2.19. The monoisotopic (exact) mass is 229 g/mol. The van der Waals surface area contributed by atoms with Crippen LogP contribution in [0.2, 0.25) is 0 Å². The van der Waals surface area contributed by atoms with Gasteiger partial charge in [-0.2, -0.15) is 0 Å². The van der Waals surface area contributed by atoms with E-state index >= 15 is 0 Å². The van der Waals surface area contributed by atoms with Gasteiger partial charge in [-0.1, -0.05) is 6.92 Å². The Morgan fingerprint density at radius 1 is 1.73 bits per heavy atom. The van der Waals surface area contributed by atoms with E-state index in [4.69, 9.17) is 5.11 Å². The van der Waals surface area contributed by atoms with Crippen LogP contribution in [0.3, 0.4) is 0 Å². The minimum atomic E-state index is -0.984. The molecular weight excluding hydrogens is 214 g/mol. The van der Waals surface area contributed by atoms with Crippen molar-refractivity contribution >= 4 is 22.3 Å². The first-order chi connectivity index (χ1) is 7.15. The molecule has 0 radical (unpaired) electrons. The number of thiazole rings is 1. The van der Waals surface area contributed by atoms with Crippen molar-refractivity contribution in [2.45, 2.75) is 6.92 Å². The number of likely N-dealkylation sites (N-methyl/N-ethyl adjacent to an activating group) is 1. The van der Waals surface area contributed by atoms with Gasteiger partial charge in [0.05, 0.1) is 5.51 Å². The van der Waals surface area contributed by atoms with Crippen molar-refractivity contribution in [1.29, 1.82) is 0 Å². The number of hydrogen-bond donors (Lipinski definition) is 2. The van der Waals surface area contributed by atoms with Crippen molar-refractivity contribution < 1.29 is 9.90 Å². The Morgan fingerprint density at radius 2 is 2.47 bits per heavy atom. The topological polar surface area (TPSA) is 65.5 Å². The zero-order valence-electron chi connectivity index (χ0n) is 8.86. The molecule has 0 spiro atoms. The van der Waals surface area contributed by atoms with Crippen LogP contribution in [-0.4, -0.2) is 47.6 Å². The zero-order valence-corrected chi connectivity index (χ0v) is 9.67. The van der Waals surface area contributed by atoms with E-state index in [0.29, 0.717) is 5.00 Å². The molecule has 0 bridgehead atoms. The van der Waals surface area contributed by atoms with Crippen molar-refractivity contribution in [2.75, 3.05) is 32.0 Å². The van der Waals surface area contributed by atoms with Crippen molar-refractivity contribution in [1.82, 2.24) is 9.88 Å². The lowest BCUT2D eigenvalue weighted by Gasteiger charge is -2.13. The van der Waals surface area contributed by atoms with Gasteiger partial charge in [-0.3, -0.25) is 0 Å². The lowest BCUT2D eigenvalue weighted by atomic mass is 10.4. The molecular formula is C9H15N3O2S. The average molecular weight is 229 g/mol. The normalized spacial score (nSPS) is 10.6. The largest absolute Gasteiger partial charge is 0.476 e. The van der Waals surface area contributed by atoms with Crippen molar-refractivity contribution in [3.8, 4) is 0 Å². The Bertz CT molecular complexity index is 327. The van der Waals surface area contributed by atoms with Gasteiger partial charge in [0, 0.05) is 13.1 Å². The Kier molecular flexibility index (Phi) is 4.51. The fourth-order valence-electron chi connectivity index (χ4n) is 1.04. The third-order valence-corrected chi connectivity index (χ3v) is 2.87. The number of aromatic nitrogens is 1. The second-order valence-corrected chi connectivity index (χ2v) is 4.01. The molecule has 0 fully saturated rings. The van der Waals surface area contributed by atoms with E-state index in [1.807, 2.05) is 7.05 Å². The molecule has 84 valence electrons. The molecule has 0 saturated carbocycles. The molecule has 0 aliphatic rings. The number of carboxylic acids is 1. The van der Waals surface area contributed by atoms with Gasteiger partial charge in [0.25, 0.3) is 0 Å². The standard InChI is InChI=1S/C9H15N3O2S/c1-3-12(2)5-4-10-8-7(9(13)14)11-6-15-8/h6,10H,3-5H2,1-2H3,(H,13,14). The molecule has 1 heterocycles. The molecule has 0 atom stereocenters. The van der Waals surface area contributed by atoms with Crippen LogP contribution < -0.4 is 5.32 Å². The van der Waals surface area contributed by atoms with Crippen LogP contribution in [0, 0.1) is 0 Å². The minimum Gasteiger partial charge on any atom is -0.476 e. The predicted molar refractivity (Wildman–Crippen MR) is 60.7 cm³/mol. The van der Waals surface area contributed by atoms with E-state index < -0.39 is 5.97 Å². The highest BCUT2D eigenvalue weighted by molar-refractivity contribution is 7.14. The summed E-state index contributed by atoms with van der Waals surface area (Å²) >= 11 is 1.32. The molecule has 0 saturated heterocycles. The Morgan fingerprint density at radius 3 is 3.07 bits per heavy atom. The number of anilines is 1. The summed E-state index contributed by atoms with van der Waals surface area (Å²) in [7, 11) is 2.02. The highest BCUT2D eigenvalue weighted by atomic mass is 32.1. The van der Waals surface area contributed by atoms with Crippen LogP contribution in [0.1, 0.15) is 17.4 Å². The number of nitrogens with one attached hydrogen (secondary N) is 1. The number of carbonyl (C=O) groups is 1. The number of rotatable bonds is 6. The maximum Gasteiger partial charge on any atom is 0.357 e. The Balaban J connectivity index is 2.44. The molecule has 1 aromatic heterocycles. The van der Waals surface area contributed by atoms with E-state index in [0.717, 1.165) is 19.6 Å². The lowest BCUT2D eigenvalue weighted by molar-refractivity contribution is 0.0692. The summed E-state index contributed by atoms with van der Waals surface area (Å²) in [5.74, 6) is -0.984. The second-order valence-electron chi connectivity index (χ2n) is 3.16. The van der Waals surface area contributed by atoms with Gasteiger partial charge >= 0.3 is 5.97 Å². The molecule has 1 aromatic rings. The molecule has 0 aliphatic carbocycles. The average Bonchev–Trinajstić information content (AvgIpc) is 2.65. The van der Waals surface area contributed by atoms with E-state index in [1.165, 1.54) is 16.8 Å². The number of hydrogen-bond acceptors (Lipinski definition) is 5. The van der Waals surface area contributed by atoms with Crippen LogP contribution in [0.15, 0.2) is 5.51 Å². The molecule has 0 aliphatic heterocycles. The summed E-state index contributed by atoms with van der Waals surface area (Å²) in [5, 5.41) is 12.5. The smallest absolute Gasteiger partial charge is 0.357 e. The van der Waals surface area contributed by atoms with Crippen LogP contribution >= 0.6 is 11.3 Å². The van der Waals surface area contributed by atoms with Crippen molar-refractivity contribution in [3.63, 3.8) is 0 Å². The Labute approximate surface area is 92.7 Å². The molecule has 6 heteroatoms. The van der Waals surface area contributed by atoms with Gasteiger partial charge in [-0.05, 0) is 13.6 Å². The van der Waals surface area contributed by atoms with E-state index in [1.54, 1.807) is 0 Å². The first-order valence-corrected chi connectivity index (χ1v) is 5.62. The van der Waals surface area contributed by atoms with Crippen LogP contribution in [0.25, 0.3) is 0 Å². The van der Waals surface area contributed by atoms with Crippen LogP contribution in [0.4, 0.5) is 5.00 Å². The summed E-state index contributed by atoms with van der Waals surface area (Å²) < 4.78 is 0. The van der Waals surface area contributed by atoms with Gasteiger partial charge in [-0.15, -0.1) is 11.3 Å². The van der Waals surface area contributed by atoms with Gasteiger partial charge in [0.1, 0.15) is 5.00 Å². The minimum absolute atomic E-state index is 0.110. The summed E-state index contributed by atoms with van der Waals surface area (Å²) in [6.07, 6.45) is 0. The van der Waals surface area contributed by atoms with Gasteiger partial charge in [0.15, 0.2) is 5.69 Å². The van der Waals surface area contributed by atoms with E-state index in [9.17, 15) is 4.79 Å². The Hall–Kier alpha value is -1.14. The van der Waals surface area contributed by atoms with Gasteiger partial charge in [-0.25, -0.2) is 9.78 Å². The van der Waals surface area contributed by atoms with Gasteiger partial charge < -0.3 is 15.3 Å². The fraction of sp³-hybridized carbons (Fsp3) is 0.556. The number of carboxylic acid groups (broad SMARTS) is 1. The molecule has 5 nitrogen and oxygen atoms in total. The summed E-state index contributed by atoms with van der Waals surface area (Å²) in [6.45, 7) is 4.67. The molecule has 0 unspecified atom stereocenters. The maximum atomic E-state index is 10.7. The van der Waals surface area contributed by atoms with Crippen LogP contribution in [-0.2, 0) is 0 Å². The number of aromatic carboxylic acids is 1. The number of nitrogens with zero attached hydrogens (tertiary/aromatic N) is 2. The SMILES string of the molecule is CCN(C)CCNc1scnc1C(=O)O. The molecule has 0 aromatic carbocycles. The third kappa shape index (κ3) is 3.49. The van der Waals surface area contributed by atoms with Crippen molar-refractivity contribution in [3.05, 3.63) is 11.2 Å². The lowest BCUT2D eigenvalue weighted by Crippen LogP contribution is -2.24. The molecule has 0 amide bonds. The van der Waals surface area contributed by atoms with Gasteiger partial charge in [0.2, 0.25) is 0 Å². The zero-order chi connectivity index (χ0) is 11.3. The fourth-order valence-corrected chi connectivity index (χ4v) is 1.74. The van der Waals surface area contributed by atoms with E-state index in [-0.39, 0.29) is 5.69 Å². The molecule has 15 heavy (non-hydrogen) atoms. The summed E-state index contributed by atoms with van der Waals surface area (Å²) in [4.78, 5) is 16.7. The first-order valence-electron chi connectivity index (χ1n) is 4.74. The van der Waals surface area contributed by atoms with Crippen molar-refractivity contribution in [2.24, 2.45) is 0 Å². The first kappa shape index (κ1) is 11.9.